The Kier molecular flexibility index (Phi) is 4.17. The minimum Gasteiger partial charge on any atom is -0.633 e. The molecule has 6 atom stereocenters. The van der Waals surface area contributed by atoms with E-state index in [-0.39, 0.29) is 23.8 Å². The summed E-state index contributed by atoms with van der Waals surface area (Å²) in [6.07, 6.45) is 2.25. The van der Waals surface area contributed by atoms with E-state index in [0.29, 0.717) is 42.9 Å². The van der Waals surface area contributed by atoms with Gasteiger partial charge in [0, 0.05) is 30.5 Å². The van der Waals surface area contributed by atoms with Crippen LogP contribution in [0.15, 0.2) is 30.0 Å². The van der Waals surface area contributed by atoms with Crippen molar-refractivity contribution in [2.45, 2.75) is 37.3 Å². The molecule has 2 fully saturated rings. The van der Waals surface area contributed by atoms with Crippen molar-refractivity contribution < 1.29 is 28.4 Å². The molecule has 0 radical (unpaired) electrons. The third-order valence-electron chi connectivity index (χ3n) is 7.73. The van der Waals surface area contributed by atoms with Gasteiger partial charge in [0.15, 0.2) is 0 Å². The van der Waals surface area contributed by atoms with E-state index in [1.165, 1.54) is 13.4 Å². The fourth-order valence-electron chi connectivity index (χ4n) is 6.20. The predicted octanol–water partition coefficient (Wildman–Crippen LogP) is 2.08. The Balaban J connectivity index is 1.58. The van der Waals surface area contributed by atoms with Crippen molar-refractivity contribution in [3.8, 4) is 5.75 Å². The van der Waals surface area contributed by atoms with Crippen molar-refractivity contribution in [2.75, 3.05) is 32.6 Å². The number of carbonyl (C=O) groups is 2. The Hall–Kier alpha value is -2.58. The smallest absolute Gasteiger partial charge is 0.337 e. The number of nitrogens with one attached hydrogen (secondary N) is 1. The van der Waals surface area contributed by atoms with Crippen LogP contribution in [-0.2, 0) is 24.5 Å². The van der Waals surface area contributed by atoms with Crippen LogP contribution in [0.3, 0.4) is 0 Å². The van der Waals surface area contributed by atoms with Crippen LogP contribution in [0.25, 0.3) is 0 Å². The van der Waals surface area contributed by atoms with Crippen molar-refractivity contribution >= 4 is 17.6 Å². The van der Waals surface area contributed by atoms with Gasteiger partial charge in [0.1, 0.15) is 23.3 Å². The first-order chi connectivity index (χ1) is 14.3. The number of anilines is 1. The highest BCUT2D eigenvalue weighted by Crippen LogP contribution is 2.57. The first kappa shape index (κ1) is 19.4. The van der Waals surface area contributed by atoms with Gasteiger partial charge in [-0.15, -0.1) is 0 Å². The zero-order chi connectivity index (χ0) is 21.3. The molecule has 4 heterocycles. The summed E-state index contributed by atoms with van der Waals surface area (Å²) in [5, 5.41) is 17.0. The molecule has 160 valence electrons. The second-order valence-corrected chi connectivity index (χ2v) is 8.87. The lowest BCUT2D eigenvalue weighted by Crippen LogP contribution is -2.63. The molecule has 1 aromatic rings. The second kappa shape index (κ2) is 6.46. The van der Waals surface area contributed by atoms with Gasteiger partial charge in [-0.25, -0.2) is 4.79 Å². The number of rotatable bonds is 2. The van der Waals surface area contributed by atoms with E-state index in [2.05, 4.69) is 5.32 Å². The Bertz CT molecular complexity index is 961. The number of hydrogen-bond acceptors (Lipinski definition) is 6. The van der Waals surface area contributed by atoms with Crippen LogP contribution in [0.2, 0.25) is 0 Å². The van der Waals surface area contributed by atoms with Crippen LogP contribution < -0.4 is 10.1 Å². The summed E-state index contributed by atoms with van der Waals surface area (Å²) in [6, 6.07) is 5.08. The largest absolute Gasteiger partial charge is 0.633 e. The molecule has 1 aromatic carbocycles. The number of hydroxylamine groups is 3. The van der Waals surface area contributed by atoms with E-state index >= 15 is 0 Å². The molecule has 1 amide bonds. The zero-order valence-electron chi connectivity index (χ0n) is 17.3. The normalized spacial score (nSPS) is 38.7. The predicted molar refractivity (Wildman–Crippen MR) is 107 cm³/mol. The van der Waals surface area contributed by atoms with E-state index in [1.807, 2.05) is 25.1 Å². The maximum Gasteiger partial charge on any atom is 0.337 e. The maximum atomic E-state index is 14.0. The standard InChI is InChI=1S/C22H26N2O6/c1-12-15-10-24(27)7-6-22(17-5-4-13(28-2)8-18(17)23-21(22)26)19(24)9-14(15)16(11-30-12)20(25)29-3/h4-5,8,11-12,14-15,19H,6-7,9-10H2,1-3H3,(H,23,26)/t12-,14-,15-,19+,22+,24?/m0/s1. The first-order valence-electron chi connectivity index (χ1n) is 10.4. The molecule has 0 aliphatic carbocycles. The van der Waals surface area contributed by atoms with Crippen molar-refractivity contribution in [3.63, 3.8) is 0 Å². The summed E-state index contributed by atoms with van der Waals surface area (Å²) in [5.74, 6) is -0.168. The zero-order valence-corrected chi connectivity index (χ0v) is 17.3. The highest BCUT2D eigenvalue weighted by molar-refractivity contribution is 6.07. The van der Waals surface area contributed by atoms with Gasteiger partial charge in [0.2, 0.25) is 5.91 Å². The molecule has 0 bridgehead atoms. The summed E-state index contributed by atoms with van der Waals surface area (Å²) in [5.41, 5.74) is 1.13. The number of esters is 1. The molecule has 8 heteroatoms. The van der Waals surface area contributed by atoms with Crippen LogP contribution in [0.4, 0.5) is 5.69 Å². The van der Waals surface area contributed by atoms with E-state index < -0.39 is 22.1 Å². The van der Waals surface area contributed by atoms with Crippen molar-refractivity contribution in [3.05, 3.63) is 40.8 Å². The van der Waals surface area contributed by atoms with Gasteiger partial charge in [0.25, 0.3) is 0 Å². The van der Waals surface area contributed by atoms with Gasteiger partial charge in [0.05, 0.1) is 45.1 Å². The van der Waals surface area contributed by atoms with Gasteiger partial charge < -0.3 is 29.4 Å². The number of benzene rings is 1. The lowest BCUT2D eigenvalue weighted by molar-refractivity contribution is -0.905. The first-order valence-corrected chi connectivity index (χ1v) is 10.4. The van der Waals surface area contributed by atoms with Crippen LogP contribution in [0, 0.1) is 17.0 Å². The molecule has 8 nitrogen and oxygen atoms in total. The molecule has 2 saturated heterocycles. The van der Waals surface area contributed by atoms with Crippen LogP contribution in [-0.4, -0.2) is 56.0 Å². The lowest BCUT2D eigenvalue weighted by Gasteiger charge is -2.56. The number of piperidine rings is 1. The van der Waals surface area contributed by atoms with E-state index in [1.54, 1.807) is 7.11 Å². The minimum absolute atomic E-state index is 0.0900. The average Bonchev–Trinajstić information content (AvgIpc) is 3.20. The number of fused-ring (bicyclic) bond motifs is 5. The minimum atomic E-state index is -0.892. The molecule has 0 saturated carbocycles. The number of hydrogen-bond donors (Lipinski definition) is 1. The fraction of sp³-hybridized carbons (Fsp3) is 0.545. The fourth-order valence-corrected chi connectivity index (χ4v) is 6.20. The molecule has 1 spiro atoms. The SMILES string of the molecule is COC(=O)C1=CO[C@@H](C)[C@@H]2C[N+]3([O-])CC[C@]4(C(=O)Nc5cc(OC)ccc54)[C@H]3C[C@H]12. The molecule has 4 aliphatic rings. The van der Waals surface area contributed by atoms with Crippen LogP contribution >= 0.6 is 0 Å². The third-order valence-corrected chi connectivity index (χ3v) is 7.73. The van der Waals surface area contributed by atoms with Gasteiger partial charge in [-0.1, -0.05) is 6.07 Å². The Labute approximate surface area is 174 Å². The molecule has 1 unspecified atom stereocenters. The summed E-state index contributed by atoms with van der Waals surface area (Å²) >= 11 is 0. The number of nitrogens with zero attached hydrogens (tertiary/aromatic N) is 1. The molecule has 1 N–H and O–H groups in total. The van der Waals surface area contributed by atoms with E-state index in [0.717, 1.165) is 5.56 Å². The summed E-state index contributed by atoms with van der Waals surface area (Å²) < 4.78 is 15.5. The maximum absolute atomic E-state index is 14.0. The molecule has 4 aliphatic heterocycles. The molecule has 5 rings (SSSR count). The van der Waals surface area contributed by atoms with Crippen molar-refractivity contribution in [2.24, 2.45) is 11.8 Å². The summed E-state index contributed by atoms with van der Waals surface area (Å²) in [6.45, 7) is 2.63. The number of quaternary nitrogens is 1. The molecular weight excluding hydrogens is 388 g/mol. The lowest BCUT2D eigenvalue weighted by atomic mass is 9.66. The highest BCUT2D eigenvalue weighted by atomic mass is 16.6. The quantitative estimate of drug-likeness (QED) is 0.452. The average molecular weight is 414 g/mol. The van der Waals surface area contributed by atoms with Gasteiger partial charge in [-0.05, 0) is 18.6 Å². The molecule has 30 heavy (non-hydrogen) atoms. The third kappa shape index (κ3) is 2.40. The van der Waals surface area contributed by atoms with Gasteiger partial charge in [-0.3, -0.25) is 4.79 Å². The van der Waals surface area contributed by atoms with Crippen LogP contribution in [0.1, 0.15) is 25.3 Å². The highest BCUT2D eigenvalue weighted by Gasteiger charge is 2.66. The summed E-state index contributed by atoms with van der Waals surface area (Å²) in [4.78, 5) is 25.7. The molecular formula is C22H26N2O6. The Morgan fingerprint density at radius 1 is 1.37 bits per heavy atom. The summed E-state index contributed by atoms with van der Waals surface area (Å²) in [7, 11) is 2.93. The van der Waals surface area contributed by atoms with E-state index in [9.17, 15) is 14.8 Å². The number of carbonyl (C=O) groups excluding carboxylic acids is 2. The molecule has 0 aromatic heterocycles. The van der Waals surface area contributed by atoms with Crippen molar-refractivity contribution in [1.82, 2.24) is 0 Å². The van der Waals surface area contributed by atoms with Crippen LogP contribution in [0.5, 0.6) is 5.75 Å². The second-order valence-electron chi connectivity index (χ2n) is 8.87. The Morgan fingerprint density at radius 3 is 2.90 bits per heavy atom. The van der Waals surface area contributed by atoms with Gasteiger partial charge >= 0.3 is 5.97 Å². The number of amides is 1. The Morgan fingerprint density at radius 2 is 2.17 bits per heavy atom. The topological polar surface area (TPSA) is 96.9 Å². The van der Waals surface area contributed by atoms with Gasteiger partial charge in [-0.2, -0.15) is 0 Å². The van der Waals surface area contributed by atoms with E-state index in [4.69, 9.17) is 14.2 Å². The number of ether oxygens (including phenoxy) is 3. The number of methoxy groups -OCH3 is 2. The van der Waals surface area contributed by atoms with Crippen molar-refractivity contribution in [1.29, 1.82) is 0 Å². The monoisotopic (exact) mass is 414 g/mol.